The number of unbranched alkanes of at least 4 members (excludes halogenated alkanes) is 2. The first-order chi connectivity index (χ1) is 17.4. The summed E-state index contributed by atoms with van der Waals surface area (Å²) in [5.74, 6) is 0.660. The fourth-order valence-electron chi connectivity index (χ4n) is 4.40. The van der Waals surface area contributed by atoms with E-state index in [1.54, 1.807) is 0 Å². The van der Waals surface area contributed by atoms with E-state index < -0.39 is 35.8 Å². The van der Waals surface area contributed by atoms with Crippen LogP contribution >= 0.6 is 0 Å². The number of aryl methyl sites for hydroxylation is 1. The van der Waals surface area contributed by atoms with Crippen LogP contribution in [0.1, 0.15) is 74.5 Å². The molecule has 202 valence electrons. The average Bonchev–Trinajstić information content (AvgIpc) is 2.85. The number of rotatable bonds is 8. The normalized spacial score (nSPS) is 19.2. The molecular weight excluding hydrogens is 504 g/mol. The third-order valence-electron chi connectivity index (χ3n) is 6.49. The SMILES string of the molecule is CCCCCc1ccc(C2CCC(C#Cc3cc(F)c(OC(F)(F)C(F)C(F)(F)F)c(F)c3)CC2)cc1. The van der Waals surface area contributed by atoms with Gasteiger partial charge in [-0.3, -0.25) is 0 Å². The molecule has 0 amide bonds. The van der Waals surface area contributed by atoms with Crippen molar-refractivity contribution in [3.8, 4) is 17.6 Å². The van der Waals surface area contributed by atoms with E-state index in [0.717, 1.165) is 32.1 Å². The highest BCUT2D eigenvalue weighted by Crippen LogP contribution is 2.39. The Balaban J connectivity index is 1.59. The molecule has 1 unspecified atom stereocenters. The summed E-state index contributed by atoms with van der Waals surface area (Å²) in [7, 11) is 0. The Labute approximate surface area is 211 Å². The van der Waals surface area contributed by atoms with Crippen LogP contribution in [0.4, 0.5) is 35.1 Å². The van der Waals surface area contributed by atoms with Crippen molar-refractivity contribution in [3.63, 3.8) is 0 Å². The molecule has 1 fully saturated rings. The van der Waals surface area contributed by atoms with Crippen molar-refractivity contribution in [2.24, 2.45) is 5.92 Å². The molecule has 1 atom stereocenters. The minimum absolute atomic E-state index is 0.0324. The van der Waals surface area contributed by atoms with Gasteiger partial charge >= 0.3 is 12.3 Å². The monoisotopic (exact) mass is 532 g/mol. The van der Waals surface area contributed by atoms with Gasteiger partial charge in [0.1, 0.15) is 0 Å². The van der Waals surface area contributed by atoms with E-state index >= 15 is 0 Å². The average molecular weight is 533 g/mol. The molecule has 1 aliphatic carbocycles. The maximum Gasteiger partial charge on any atom is 0.439 e. The predicted molar refractivity (Wildman–Crippen MR) is 124 cm³/mol. The van der Waals surface area contributed by atoms with Gasteiger partial charge in [-0.05, 0) is 67.7 Å². The molecule has 3 rings (SSSR count). The minimum atomic E-state index is -5.97. The van der Waals surface area contributed by atoms with Crippen LogP contribution in [-0.4, -0.2) is 18.5 Å². The molecular formula is C28H28F8O. The van der Waals surface area contributed by atoms with Gasteiger partial charge in [0, 0.05) is 11.5 Å². The third-order valence-corrected chi connectivity index (χ3v) is 6.49. The van der Waals surface area contributed by atoms with E-state index in [0.29, 0.717) is 18.1 Å². The lowest BCUT2D eigenvalue weighted by atomic mass is 9.78. The molecule has 2 aromatic carbocycles. The second kappa shape index (κ2) is 12.2. The molecule has 0 aliphatic heterocycles. The third kappa shape index (κ3) is 7.86. The van der Waals surface area contributed by atoms with E-state index in [2.05, 4.69) is 47.8 Å². The Bertz CT molecular complexity index is 1070. The van der Waals surface area contributed by atoms with Crippen LogP contribution in [0, 0.1) is 29.4 Å². The molecule has 0 N–H and O–H groups in total. The zero-order valence-corrected chi connectivity index (χ0v) is 20.3. The molecule has 9 heteroatoms. The summed E-state index contributed by atoms with van der Waals surface area (Å²) in [5, 5.41) is 0. The summed E-state index contributed by atoms with van der Waals surface area (Å²) in [6.07, 6.45) is -8.29. The van der Waals surface area contributed by atoms with Crippen molar-refractivity contribution in [1.29, 1.82) is 0 Å². The lowest BCUT2D eigenvalue weighted by Gasteiger charge is -2.26. The number of benzene rings is 2. The minimum Gasteiger partial charge on any atom is -0.424 e. The van der Waals surface area contributed by atoms with Crippen molar-refractivity contribution >= 4 is 0 Å². The van der Waals surface area contributed by atoms with Gasteiger partial charge in [-0.25, -0.2) is 13.2 Å². The summed E-state index contributed by atoms with van der Waals surface area (Å²) in [6, 6.07) is 9.79. The van der Waals surface area contributed by atoms with E-state index in [9.17, 15) is 35.1 Å². The Morgan fingerprint density at radius 2 is 1.51 bits per heavy atom. The molecule has 1 saturated carbocycles. The number of hydrogen-bond acceptors (Lipinski definition) is 1. The van der Waals surface area contributed by atoms with Crippen LogP contribution in [-0.2, 0) is 6.42 Å². The summed E-state index contributed by atoms with van der Waals surface area (Å²) in [5.41, 5.74) is 2.39. The van der Waals surface area contributed by atoms with Gasteiger partial charge in [-0.2, -0.15) is 22.0 Å². The van der Waals surface area contributed by atoms with Gasteiger partial charge in [0.2, 0.25) is 0 Å². The van der Waals surface area contributed by atoms with Crippen molar-refractivity contribution in [2.45, 2.75) is 82.7 Å². The Kier molecular flexibility index (Phi) is 9.49. The summed E-state index contributed by atoms with van der Waals surface area (Å²) < 4.78 is 108. The number of alkyl halides is 6. The van der Waals surface area contributed by atoms with E-state index in [-0.39, 0.29) is 11.5 Å². The van der Waals surface area contributed by atoms with Crippen LogP contribution in [0.25, 0.3) is 0 Å². The molecule has 37 heavy (non-hydrogen) atoms. The maximum absolute atomic E-state index is 14.2. The molecule has 1 nitrogen and oxygen atoms in total. The molecule has 0 heterocycles. The van der Waals surface area contributed by atoms with Gasteiger partial charge in [-0.15, -0.1) is 0 Å². The topological polar surface area (TPSA) is 9.23 Å². The van der Waals surface area contributed by atoms with Crippen molar-refractivity contribution in [3.05, 3.63) is 64.7 Å². The Morgan fingerprint density at radius 1 is 0.919 bits per heavy atom. The molecule has 2 aromatic rings. The highest BCUT2D eigenvalue weighted by Gasteiger charge is 2.59. The quantitative estimate of drug-likeness (QED) is 0.187. The summed E-state index contributed by atoms with van der Waals surface area (Å²) in [4.78, 5) is 0. The smallest absolute Gasteiger partial charge is 0.424 e. The lowest BCUT2D eigenvalue weighted by molar-refractivity contribution is -0.306. The predicted octanol–water partition coefficient (Wildman–Crippen LogP) is 8.89. The van der Waals surface area contributed by atoms with E-state index in [1.807, 2.05) is 0 Å². The largest absolute Gasteiger partial charge is 0.439 e. The van der Waals surface area contributed by atoms with E-state index in [1.165, 1.54) is 30.4 Å². The first-order valence-corrected chi connectivity index (χ1v) is 12.3. The standard InChI is InChI=1S/C28H28F8O/c1-2-3-4-5-18-8-12-21(13-9-18)22-14-10-19(11-15-22)6-7-20-16-23(29)25(24(30)17-20)37-28(35,36)26(31)27(32,33)34/h8-9,12-13,16-17,19,22,26H,2-5,10-11,14-15H2,1H3. The number of hydrogen-bond donors (Lipinski definition) is 0. The summed E-state index contributed by atoms with van der Waals surface area (Å²) in [6.45, 7) is 2.17. The second-order valence-electron chi connectivity index (χ2n) is 9.35. The van der Waals surface area contributed by atoms with Crippen LogP contribution < -0.4 is 4.74 Å². The zero-order chi connectivity index (χ0) is 27.2. The lowest BCUT2D eigenvalue weighted by Crippen LogP contribution is -2.46. The van der Waals surface area contributed by atoms with Crippen molar-refractivity contribution in [1.82, 2.24) is 0 Å². The van der Waals surface area contributed by atoms with Gasteiger partial charge in [0.05, 0.1) is 0 Å². The molecule has 0 radical (unpaired) electrons. The molecule has 0 saturated heterocycles. The highest BCUT2D eigenvalue weighted by atomic mass is 19.4. The van der Waals surface area contributed by atoms with E-state index in [4.69, 9.17) is 0 Å². The fourth-order valence-corrected chi connectivity index (χ4v) is 4.40. The van der Waals surface area contributed by atoms with Gasteiger partial charge in [-0.1, -0.05) is 55.9 Å². The molecule has 0 aromatic heterocycles. The molecule has 0 spiro atoms. The second-order valence-corrected chi connectivity index (χ2v) is 9.35. The summed E-state index contributed by atoms with van der Waals surface area (Å²) >= 11 is 0. The first kappa shape index (κ1) is 28.8. The zero-order valence-electron chi connectivity index (χ0n) is 20.3. The first-order valence-electron chi connectivity index (χ1n) is 12.3. The fraction of sp³-hybridized carbons (Fsp3) is 0.500. The highest BCUT2D eigenvalue weighted by molar-refractivity contribution is 5.41. The Hall–Kier alpha value is -2.76. The van der Waals surface area contributed by atoms with Gasteiger partial charge < -0.3 is 4.74 Å². The van der Waals surface area contributed by atoms with Crippen molar-refractivity contribution in [2.75, 3.05) is 0 Å². The number of halogens is 8. The van der Waals surface area contributed by atoms with Crippen LogP contribution in [0.5, 0.6) is 5.75 Å². The van der Waals surface area contributed by atoms with Crippen LogP contribution in [0.15, 0.2) is 36.4 Å². The van der Waals surface area contributed by atoms with Crippen molar-refractivity contribution < 1.29 is 39.9 Å². The van der Waals surface area contributed by atoms with Crippen LogP contribution in [0.3, 0.4) is 0 Å². The Morgan fingerprint density at radius 3 is 2.05 bits per heavy atom. The van der Waals surface area contributed by atoms with Gasteiger partial charge in [0.15, 0.2) is 17.4 Å². The maximum atomic E-state index is 14.2. The number of ether oxygens (including phenoxy) is 1. The molecule has 0 bridgehead atoms. The molecule has 1 aliphatic rings. The van der Waals surface area contributed by atoms with Crippen LogP contribution in [0.2, 0.25) is 0 Å². The van der Waals surface area contributed by atoms with Gasteiger partial charge in [0.25, 0.3) is 6.17 Å².